The highest BCUT2D eigenvalue weighted by atomic mass is 16.5. The van der Waals surface area contributed by atoms with E-state index in [1.807, 2.05) is 0 Å². The zero-order valence-corrected chi connectivity index (χ0v) is 12.7. The van der Waals surface area contributed by atoms with Crippen molar-refractivity contribution >= 4 is 23.8 Å². The lowest BCUT2D eigenvalue weighted by Crippen LogP contribution is -2.54. The summed E-state index contributed by atoms with van der Waals surface area (Å²) in [5, 5.41) is 2.51. The molecule has 0 saturated carbocycles. The summed E-state index contributed by atoms with van der Waals surface area (Å²) >= 11 is 0. The van der Waals surface area contributed by atoms with E-state index in [1.54, 1.807) is 0 Å². The summed E-state index contributed by atoms with van der Waals surface area (Å²) in [5.74, 6) is -1.91. The summed E-state index contributed by atoms with van der Waals surface area (Å²) in [6, 6.07) is -1.66. The quantitative estimate of drug-likeness (QED) is 0.704. The average molecular weight is 310 g/mol. The smallest absolute Gasteiger partial charge is 0.335 e. The van der Waals surface area contributed by atoms with Gasteiger partial charge < -0.3 is 14.8 Å². The van der Waals surface area contributed by atoms with Crippen molar-refractivity contribution in [2.45, 2.75) is 38.3 Å². The summed E-state index contributed by atoms with van der Waals surface area (Å²) in [6.45, 7) is 1.28. The molecule has 1 N–H and O–H groups in total. The van der Waals surface area contributed by atoms with Gasteiger partial charge in [0, 0.05) is 19.0 Å². The van der Waals surface area contributed by atoms with Crippen LogP contribution in [-0.4, -0.2) is 55.0 Å². The first kappa shape index (κ1) is 16.0. The number of carbonyl (C=O) groups is 4. The Bertz CT molecular complexity index is 568. The van der Waals surface area contributed by atoms with Gasteiger partial charge in [-0.3, -0.25) is 14.5 Å². The number of amides is 2. The van der Waals surface area contributed by atoms with Gasteiger partial charge in [-0.25, -0.2) is 9.59 Å². The third-order valence-electron chi connectivity index (χ3n) is 3.83. The van der Waals surface area contributed by atoms with Crippen molar-refractivity contribution in [1.82, 2.24) is 10.2 Å². The Morgan fingerprint density at radius 1 is 1.23 bits per heavy atom. The van der Waals surface area contributed by atoms with E-state index >= 15 is 0 Å². The molecule has 0 aromatic carbocycles. The lowest BCUT2D eigenvalue weighted by molar-refractivity contribution is -0.151. The Morgan fingerprint density at radius 3 is 2.45 bits per heavy atom. The molecule has 0 aliphatic carbocycles. The number of fused-ring (bicyclic) bond motifs is 1. The minimum atomic E-state index is -0.888. The SMILES string of the molecule is COC(=O)C1=C2CCC(C(=O)OC)N2C(=O)C(NC(C)=O)C1. The van der Waals surface area contributed by atoms with Gasteiger partial charge in [-0.15, -0.1) is 0 Å². The van der Waals surface area contributed by atoms with Crippen LogP contribution in [0.2, 0.25) is 0 Å². The molecule has 0 aromatic rings. The van der Waals surface area contributed by atoms with Gasteiger partial charge in [0.05, 0.1) is 19.8 Å². The molecular formula is C14H18N2O6. The monoisotopic (exact) mass is 310 g/mol. The first-order valence-corrected chi connectivity index (χ1v) is 6.89. The Labute approximate surface area is 127 Å². The summed E-state index contributed by atoms with van der Waals surface area (Å²) in [5.41, 5.74) is 0.793. The zero-order valence-electron chi connectivity index (χ0n) is 12.7. The standard InChI is InChI=1S/C14H18N2O6/c1-7(17)15-9-6-8(13(19)21-2)10-4-5-11(14(20)22-3)16(10)12(9)18/h9,11H,4-6H2,1-3H3,(H,15,17). The van der Waals surface area contributed by atoms with Crippen LogP contribution >= 0.6 is 0 Å². The molecule has 2 unspecified atom stereocenters. The largest absolute Gasteiger partial charge is 0.467 e. The number of rotatable bonds is 3. The minimum absolute atomic E-state index is 0.0603. The van der Waals surface area contributed by atoms with Crippen LogP contribution in [0, 0.1) is 0 Å². The molecule has 8 nitrogen and oxygen atoms in total. The number of esters is 2. The highest BCUT2D eigenvalue weighted by molar-refractivity contribution is 5.99. The van der Waals surface area contributed by atoms with Gasteiger partial charge in [0.15, 0.2) is 0 Å². The fraction of sp³-hybridized carbons (Fsp3) is 0.571. The molecule has 1 saturated heterocycles. The number of nitrogens with one attached hydrogen (secondary N) is 1. The van der Waals surface area contributed by atoms with Gasteiger partial charge >= 0.3 is 11.9 Å². The lowest BCUT2D eigenvalue weighted by Gasteiger charge is -2.34. The number of allylic oxidation sites excluding steroid dienone is 1. The number of hydrogen-bond acceptors (Lipinski definition) is 6. The molecule has 2 rings (SSSR count). The second-order valence-corrected chi connectivity index (χ2v) is 5.16. The molecule has 8 heteroatoms. The second kappa shape index (κ2) is 6.17. The molecule has 22 heavy (non-hydrogen) atoms. The highest BCUT2D eigenvalue weighted by Crippen LogP contribution is 2.36. The van der Waals surface area contributed by atoms with E-state index in [4.69, 9.17) is 9.47 Å². The topological polar surface area (TPSA) is 102 Å². The molecule has 2 aliphatic heterocycles. The first-order valence-electron chi connectivity index (χ1n) is 6.89. The third-order valence-corrected chi connectivity index (χ3v) is 3.83. The van der Waals surface area contributed by atoms with Crippen molar-refractivity contribution in [2.24, 2.45) is 0 Å². The normalized spacial score (nSPS) is 24.0. The van der Waals surface area contributed by atoms with E-state index in [2.05, 4.69) is 5.32 Å². The van der Waals surface area contributed by atoms with Gasteiger partial charge in [-0.1, -0.05) is 0 Å². The third kappa shape index (κ3) is 2.68. The van der Waals surface area contributed by atoms with E-state index in [-0.39, 0.29) is 12.3 Å². The lowest BCUT2D eigenvalue weighted by atomic mass is 9.97. The van der Waals surface area contributed by atoms with Crippen molar-refractivity contribution in [3.8, 4) is 0 Å². The Balaban J connectivity index is 2.43. The number of ether oxygens (including phenoxy) is 2. The molecule has 0 spiro atoms. The molecule has 120 valence electrons. The van der Waals surface area contributed by atoms with E-state index < -0.39 is 29.9 Å². The highest BCUT2D eigenvalue weighted by Gasteiger charge is 2.47. The van der Waals surface area contributed by atoms with E-state index in [0.717, 1.165) is 0 Å². The van der Waals surface area contributed by atoms with Crippen LogP contribution in [0.25, 0.3) is 0 Å². The molecular weight excluding hydrogens is 292 g/mol. The van der Waals surface area contributed by atoms with Crippen LogP contribution in [0.3, 0.4) is 0 Å². The van der Waals surface area contributed by atoms with Gasteiger partial charge in [0.2, 0.25) is 11.8 Å². The van der Waals surface area contributed by atoms with Crippen LogP contribution in [0.15, 0.2) is 11.3 Å². The Hall–Kier alpha value is -2.38. The molecule has 2 aliphatic rings. The molecule has 0 aromatic heterocycles. The predicted molar refractivity (Wildman–Crippen MR) is 73.1 cm³/mol. The van der Waals surface area contributed by atoms with Gasteiger partial charge in [0.25, 0.3) is 0 Å². The van der Waals surface area contributed by atoms with E-state index in [1.165, 1.54) is 26.0 Å². The fourth-order valence-electron chi connectivity index (χ4n) is 2.91. The molecule has 2 amide bonds. The number of carbonyl (C=O) groups excluding carboxylic acids is 4. The summed E-state index contributed by atoms with van der Waals surface area (Å²) in [6.07, 6.45) is 0.842. The maximum atomic E-state index is 12.5. The molecule has 2 atom stereocenters. The van der Waals surface area contributed by atoms with Crippen LogP contribution in [-0.2, 0) is 28.7 Å². The van der Waals surface area contributed by atoms with Crippen LogP contribution in [0.4, 0.5) is 0 Å². The maximum Gasteiger partial charge on any atom is 0.335 e. The predicted octanol–water partition coefficient (Wildman–Crippen LogP) is -0.514. The Kier molecular flexibility index (Phi) is 4.48. The van der Waals surface area contributed by atoms with E-state index in [9.17, 15) is 19.2 Å². The first-order chi connectivity index (χ1) is 10.4. The fourth-order valence-corrected chi connectivity index (χ4v) is 2.91. The minimum Gasteiger partial charge on any atom is -0.467 e. The number of methoxy groups -OCH3 is 2. The molecule has 0 radical (unpaired) electrons. The number of hydrogen-bond donors (Lipinski definition) is 1. The van der Waals surface area contributed by atoms with Gasteiger partial charge in [-0.2, -0.15) is 0 Å². The maximum absolute atomic E-state index is 12.5. The molecule has 0 bridgehead atoms. The Morgan fingerprint density at radius 2 is 1.91 bits per heavy atom. The average Bonchev–Trinajstić information content (AvgIpc) is 2.93. The number of nitrogens with zero attached hydrogens (tertiary/aromatic N) is 1. The van der Waals surface area contributed by atoms with Crippen LogP contribution < -0.4 is 5.32 Å². The van der Waals surface area contributed by atoms with Crippen molar-refractivity contribution in [3.05, 3.63) is 11.3 Å². The van der Waals surface area contributed by atoms with Crippen molar-refractivity contribution in [1.29, 1.82) is 0 Å². The second-order valence-electron chi connectivity index (χ2n) is 5.16. The molecule has 1 fully saturated rings. The van der Waals surface area contributed by atoms with Crippen molar-refractivity contribution < 1.29 is 28.7 Å². The summed E-state index contributed by atoms with van der Waals surface area (Å²) in [7, 11) is 2.49. The summed E-state index contributed by atoms with van der Waals surface area (Å²) < 4.78 is 9.46. The van der Waals surface area contributed by atoms with Crippen molar-refractivity contribution in [2.75, 3.05) is 14.2 Å². The van der Waals surface area contributed by atoms with E-state index in [0.29, 0.717) is 24.1 Å². The van der Waals surface area contributed by atoms with Crippen molar-refractivity contribution in [3.63, 3.8) is 0 Å². The zero-order chi connectivity index (χ0) is 16.4. The summed E-state index contributed by atoms with van der Waals surface area (Å²) in [4.78, 5) is 48.9. The van der Waals surface area contributed by atoms with Crippen LogP contribution in [0.1, 0.15) is 26.2 Å². The van der Waals surface area contributed by atoms with Gasteiger partial charge in [0.1, 0.15) is 12.1 Å². The van der Waals surface area contributed by atoms with Crippen LogP contribution in [0.5, 0.6) is 0 Å². The molecule has 2 heterocycles. The van der Waals surface area contributed by atoms with Gasteiger partial charge in [-0.05, 0) is 12.8 Å².